The van der Waals surface area contributed by atoms with Gasteiger partial charge in [0.05, 0.1) is 19.1 Å². The van der Waals surface area contributed by atoms with E-state index in [0.29, 0.717) is 0 Å². The summed E-state index contributed by atoms with van der Waals surface area (Å²) >= 11 is 0. The fraction of sp³-hybridized carbons (Fsp3) is 0.750. The fourth-order valence-electron chi connectivity index (χ4n) is 0.279. The van der Waals surface area contributed by atoms with E-state index in [1.54, 1.807) is 0 Å². The van der Waals surface area contributed by atoms with Gasteiger partial charge in [-0.05, 0) is 0 Å². The van der Waals surface area contributed by atoms with Crippen molar-refractivity contribution in [2.24, 2.45) is 0 Å². The first-order valence-electron chi connectivity index (χ1n) is 2.20. The Hall–Kier alpha value is -0.610. The van der Waals surface area contributed by atoms with Crippen molar-refractivity contribution >= 4 is 5.91 Å². The lowest BCUT2D eigenvalue weighted by atomic mass is 10.3. The molecule has 0 bridgehead atoms. The van der Waals surface area contributed by atoms with Crippen molar-refractivity contribution in [1.29, 1.82) is 0 Å². The number of carbonyl (C=O) groups excluding carboxylic acids is 1. The van der Waals surface area contributed by atoms with Gasteiger partial charge in [0, 0.05) is 0 Å². The van der Waals surface area contributed by atoms with Crippen LogP contribution in [0.3, 0.4) is 0 Å². The molecular weight excluding hydrogens is 110 g/mol. The molecule has 1 amide bonds. The fourth-order valence-corrected chi connectivity index (χ4v) is 0.279. The molecule has 1 atom stereocenters. The summed E-state index contributed by atoms with van der Waals surface area (Å²) in [6.45, 7) is -0.454. The molecular formula is C4H8NO3. The number of rotatable bonds is 3. The molecule has 4 nitrogen and oxygen atoms in total. The van der Waals surface area contributed by atoms with Gasteiger partial charge in [-0.25, -0.2) is 0 Å². The van der Waals surface area contributed by atoms with Gasteiger partial charge in [-0.15, -0.1) is 0 Å². The lowest BCUT2D eigenvalue weighted by Gasteiger charge is -1.99. The highest BCUT2D eigenvalue weighted by Crippen LogP contribution is 1.86. The van der Waals surface area contributed by atoms with Crippen LogP contribution in [0.1, 0.15) is 6.42 Å². The van der Waals surface area contributed by atoms with E-state index in [9.17, 15) is 4.79 Å². The number of carbonyl (C=O) groups is 1. The van der Waals surface area contributed by atoms with Crippen LogP contribution in [0.2, 0.25) is 0 Å². The average Bonchev–Trinajstić information content (AvgIpc) is 1.65. The third-order valence-electron chi connectivity index (χ3n) is 0.632. The molecule has 0 aromatic heterocycles. The van der Waals surface area contributed by atoms with E-state index >= 15 is 0 Å². The Bertz CT molecular complexity index is 83.4. The summed E-state index contributed by atoms with van der Waals surface area (Å²) in [6.07, 6.45) is -1.34. The first kappa shape index (κ1) is 7.39. The van der Waals surface area contributed by atoms with E-state index in [-0.39, 0.29) is 6.42 Å². The smallest absolute Gasteiger partial charge is 0.241 e. The summed E-state index contributed by atoms with van der Waals surface area (Å²) in [5.41, 5.74) is 6.30. The lowest BCUT2D eigenvalue weighted by molar-refractivity contribution is -0.121. The van der Waals surface area contributed by atoms with E-state index < -0.39 is 18.6 Å². The van der Waals surface area contributed by atoms with Crippen molar-refractivity contribution in [2.45, 2.75) is 12.5 Å². The third-order valence-corrected chi connectivity index (χ3v) is 0.632. The maximum atomic E-state index is 9.81. The van der Waals surface area contributed by atoms with Crippen LogP contribution in [0.15, 0.2) is 0 Å². The van der Waals surface area contributed by atoms with Crippen LogP contribution in [-0.4, -0.2) is 28.8 Å². The van der Waals surface area contributed by atoms with Gasteiger partial charge in [-0.2, -0.15) is 0 Å². The minimum atomic E-state index is -1.06. The molecule has 0 aliphatic heterocycles. The Morgan fingerprint density at radius 3 is 2.38 bits per heavy atom. The highest BCUT2D eigenvalue weighted by atomic mass is 16.3. The molecule has 0 aromatic rings. The molecule has 0 aliphatic rings. The Morgan fingerprint density at radius 1 is 1.75 bits per heavy atom. The number of nitrogens with one attached hydrogen (secondary N) is 1. The van der Waals surface area contributed by atoms with Gasteiger partial charge in [-0.3, -0.25) is 10.5 Å². The van der Waals surface area contributed by atoms with Crippen LogP contribution < -0.4 is 5.73 Å². The molecule has 0 rings (SSSR count). The number of aliphatic hydroxyl groups is 2. The second-order valence-corrected chi connectivity index (χ2v) is 1.46. The maximum Gasteiger partial charge on any atom is 0.241 e. The largest absolute Gasteiger partial charge is 0.394 e. The minimum Gasteiger partial charge on any atom is -0.394 e. The zero-order valence-corrected chi connectivity index (χ0v) is 4.29. The third kappa shape index (κ3) is 3.58. The minimum absolute atomic E-state index is 0.281. The predicted molar refractivity (Wildman–Crippen MR) is 25.8 cm³/mol. The summed E-state index contributed by atoms with van der Waals surface area (Å²) in [4.78, 5) is 9.81. The molecule has 47 valence electrons. The van der Waals surface area contributed by atoms with Gasteiger partial charge in [0.2, 0.25) is 5.91 Å². The van der Waals surface area contributed by atoms with Gasteiger partial charge >= 0.3 is 0 Å². The van der Waals surface area contributed by atoms with Gasteiger partial charge in [-0.1, -0.05) is 0 Å². The van der Waals surface area contributed by atoms with Crippen molar-refractivity contribution in [2.75, 3.05) is 6.61 Å². The van der Waals surface area contributed by atoms with Crippen LogP contribution in [0.25, 0.3) is 0 Å². The summed E-state index contributed by atoms with van der Waals surface area (Å²) < 4.78 is 0. The Labute approximate surface area is 46.9 Å². The Kier molecular flexibility index (Phi) is 3.14. The zero-order chi connectivity index (χ0) is 6.57. The molecule has 0 spiro atoms. The molecule has 3 N–H and O–H groups in total. The number of hydrogen-bond donors (Lipinski definition) is 2. The molecule has 8 heavy (non-hydrogen) atoms. The van der Waals surface area contributed by atoms with E-state index in [1.165, 1.54) is 0 Å². The normalized spacial score (nSPS) is 13.2. The highest BCUT2D eigenvalue weighted by Gasteiger charge is 2.04. The van der Waals surface area contributed by atoms with Gasteiger partial charge in [0.25, 0.3) is 0 Å². The second-order valence-electron chi connectivity index (χ2n) is 1.46. The number of hydrogen-bond acceptors (Lipinski definition) is 3. The van der Waals surface area contributed by atoms with Crippen LogP contribution in [0.5, 0.6) is 0 Å². The van der Waals surface area contributed by atoms with Gasteiger partial charge in [0.15, 0.2) is 0 Å². The van der Waals surface area contributed by atoms with E-state index in [0.717, 1.165) is 0 Å². The number of aliphatic hydroxyl groups excluding tert-OH is 2. The average molecular weight is 118 g/mol. The topological polar surface area (TPSA) is 81.3 Å². The van der Waals surface area contributed by atoms with Crippen molar-refractivity contribution in [3.63, 3.8) is 0 Å². The monoisotopic (exact) mass is 118 g/mol. The zero-order valence-electron chi connectivity index (χ0n) is 4.29. The predicted octanol–water partition coefficient (Wildman–Crippen LogP) is -1.46. The Balaban J connectivity index is 3.24. The molecule has 1 unspecified atom stereocenters. The van der Waals surface area contributed by atoms with E-state index in [1.807, 2.05) is 0 Å². The molecule has 0 fully saturated rings. The summed E-state index contributed by atoms with van der Waals surface area (Å²) in [6, 6.07) is 0. The SMILES string of the molecule is [NH]C(=O)CC(O)CO. The summed E-state index contributed by atoms with van der Waals surface area (Å²) in [5, 5.41) is 16.5. The Morgan fingerprint density at radius 2 is 2.25 bits per heavy atom. The standard InChI is InChI=1S/C4H8NO3/c5-4(8)1-3(7)2-6/h3,5-7H,1-2H2. The summed E-state index contributed by atoms with van der Waals surface area (Å²) in [7, 11) is 0. The van der Waals surface area contributed by atoms with E-state index in [2.05, 4.69) is 0 Å². The van der Waals surface area contributed by atoms with Crippen LogP contribution >= 0.6 is 0 Å². The molecule has 4 heteroatoms. The molecule has 0 aromatic carbocycles. The van der Waals surface area contributed by atoms with Crippen molar-refractivity contribution in [3.8, 4) is 0 Å². The first-order chi connectivity index (χ1) is 3.66. The molecule has 0 saturated carbocycles. The maximum absolute atomic E-state index is 9.81. The van der Waals surface area contributed by atoms with Crippen molar-refractivity contribution in [1.82, 2.24) is 5.73 Å². The highest BCUT2D eigenvalue weighted by molar-refractivity contribution is 5.73. The van der Waals surface area contributed by atoms with Crippen LogP contribution in [-0.2, 0) is 4.79 Å². The van der Waals surface area contributed by atoms with Crippen molar-refractivity contribution in [3.05, 3.63) is 0 Å². The van der Waals surface area contributed by atoms with Crippen molar-refractivity contribution < 1.29 is 15.0 Å². The number of amides is 1. The van der Waals surface area contributed by atoms with Gasteiger partial charge < -0.3 is 10.2 Å². The molecule has 0 saturated heterocycles. The quantitative estimate of drug-likeness (QED) is 0.475. The molecule has 1 radical (unpaired) electrons. The van der Waals surface area contributed by atoms with Crippen LogP contribution in [0.4, 0.5) is 0 Å². The van der Waals surface area contributed by atoms with Gasteiger partial charge in [0.1, 0.15) is 0 Å². The first-order valence-corrected chi connectivity index (χ1v) is 2.20. The second kappa shape index (κ2) is 3.40. The lowest BCUT2D eigenvalue weighted by Crippen LogP contribution is -2.17. The summed E-state index contributed by atoms with van der Waals surface area (Å²) in [5.74, 6) is -0.855. The van der Waals surface area contributed by atoms with Crippen LogP contribution in [0, 0.1) is 0 Å². The van der Waals surface area contributed by atoms with E-state index in [4.69, 9.17) is 15.9 Å². The molecule has 0 heterocycles. The molecule has 0 aliphatic carbocycles.